The first-order valence-corrected chi connectivity index (χ1v) is 5.47. The average Bonchev–Trinajstić information content (AvgIpc) is 2.29. The molecule has 1 N–H and O–H groups in total. The molecule has 4 heteroatoms. The van der Waals surface area contributed by atoms with Crippen LogP contribution >= 0.6 is 0 Å². The van der Waals surface area contributed by atoms with Gasteiger partial charge >= 0.3 is 0 Å². The number of nitrogens with one attached hydrogen (secondary N) is 1. The molecule has 0 bridgehead atoms. The minimum Gasteiger partial charge on any atom is -0.363 e. The smallest absolute Gasteiger partial charge is 0.130 e. The number of hydrogen-bond acceptors (Lipinski definition) is 3. The van der Waals surface area contributed by atoms with Gasteiger partial charge in [0.2, 0.25) is 0 Å². The maximum Gasteiger partial charge on any atom is 0.130 e. The van der Waals surface area contributed by atoms with Crippen molar-refractivity contribution in [1.29, 1.82) is 0 Å². The van der Waals surface area contributed by atoms with Crippen LogP contribution in [0.4, 0.5) is 10.2 Å². The quantitative estimate of drug-likeness (QED) is 0.882. The minimum absolute atomic E-state index is 0.0740. The van der Waals surface area contributed by atoms with E-state index in [4.69, 9.17) is 0 Å². The highest BCUT2D eigenvalue weighted by Gasteiger charge is 2.06. The molecule has 1 heterocycles. The summed E-state index contributed by atoms with van der Waals surface area (Å²) >= 11 is 0. The van der Waals surface area contributed by atoms with Crippen LogP contribution in [-0.2, 0) is 0 Å². The molecule has 1 unspecified atom stereocenters. The Hall–Kier alpha value is -1.97. The maximum atomic E-state index is 12.8. The second kappa shape index (κ2) is 4.91. The third-order valence-electron chi connectivity index (χ3n) is 2.51. The summed E-state index contributed by atoms with van der Waals surface area (Å²) in [7, 11) is 0. The van der Waals surface area contributed by atoms with Gasteiger partial charge in [-0.3, -0.25) is 0 Å². The first-order valence-electron chi connectivity index (χ1n) is 5.47. The standard InChI is InChI=1S/C13H14FN3/c1-9(11-3-5-12(14)6-4-11)16-13-7-8-15-10(2)17-13/h3-9H,1-2H3,(H,15,16,17). The Morgan fingerprint density at radius 1 is 1.18 bits per heavy atom. The van der Waals surface area contributed by atoms with Gasteiger partial charge in [-0.1, -0.05) is 12.1 Å². The molecule has 0 fully saturated rings. The lowest BCUT2D eigenvalue weighted by Gasteiger charge is -2.14. The van der Waals surface area contributed by atoms with Crippen molar-refractivity contribution in [2.75, 3.05) is 5.32 Å². The molecule has 0 saturated carbocycles. The highest BCUT2D eigenvalue weighted by atomic mass is 19.1. The minimum atomic E-state index is -0.223. The molecule has 0 aliphatic carbocycles. The van der Waals surface area contributed by atoms with Crippen molar-refractivity contribution in [2.45, 2.75) is 19.9 Å². The van der Waals surface area contributed by atoms with E-state index in [0.717, 1.165) is 17.2 Å². The van der Waals surface area contributed by atoms with E-state index >= 15 is 0 Å². The highest BCUT2D eigenvalue weighted by molar-refractivity contribution is 5.37. The van der Waals surface area contributed by atoms with E-state index in [9.17, 15) is 4.39 Å². The Morgan fingerprint density at radius 2 is 1.88 bits per heavy atom. The number of halogens is 1. The molecular weight excluding hydrogens is 217 g/mol. The Bertz CT molecular complexity index is 496. The van der Waals surface area contributed by atoms with E-state index in [1.54, 1.807) is 18.3 Å². The van der Waals surface area contributed by atoms with Crippen molar-refractivity contribution in [3.05, 3.63) is 53.7 Å². The number of rotatable bonds is 3. The van der Waals surface area contributed by atoms with Crippen LogP contribution in [0.3, 0.4) is 0 Å². The van der Waals surface area contributed by atoms with Gasteiger partial charge in [0.05, 0.1) is 0 Å². The van der Waals surface area contributed by atoms with Crippen LogP contribution in [0.5, 0.6) is 0 Å². The van der Waals surface area contributed by atoms with E-state index in [-0.39, 0.29) is 11.9 Å². The summed E-state index contributed by atoms with van der Waals surface area (Å²) in [5.41, 5.74) is 1.02. The van der Waals surface area contributed by atoms with E-state index in [2.05, 4.69) is 15.3 Å². The Morgan fingerprint density at radius 3 is 2.53 bits per heavy atom. The van der Waals surface area contributed by atoms with Crippen LogP contribution in [0.15, 0.2) is 36.5 Å². The molecule has 2 rings (SSSR count). The van der Waals surface area contributed by atoms with E-state index in [1.807, 2.05) is 19.9 Å². The third-order valence-corrected chi connectivity index (χ3v) is 2.51. The molecule has 17 heavy (non-hydrogen) atoms. The summed E-state index contributed by atoms with van der Waals surface area (Å²) in [6.07, 6.45) is 1.71. The van der Waals surface area contributed by atoms with Crippen molar-refractivity contribution in [1.82, 2.24) is 9.97 Å². The molecule has 0 aliphatic heterocycles. The predicted octanol–water partition coefficient (Wildman–Crippen LogP) is 3.10. The van der Waals surface area contributed by atoms with Gasteiger partial charge in [0, 0.05) is 12.2 Å². The van der Waals surface area contributed by atoms with Crippen LogP contribution in [0.1, 0.15) is 24.4 Å². The molecular formula is C13H14FN3. The van der Waals surface area contributed by atoms with Gasteiger partial charge in [0.15, 0.2) is 0 Å². The fourth-order valence-corrected chi connectivity index (χ4v) is 1.59. The van der Waals surface area contributed by atoms with E-state index < -0.39 is 0 Å². The Labute approximate surface area is 99.7 Å². The molecule has 88 valence electrons. The van der Waals surface area contributed by atoms with Crippen molar-refractivity contribution in [2.24, 2.45) is 0 Å². The first-order chi connectivity index (χ1) is 8.15. The second-order valence-electron chi connectivity index (χ2n) is 3.91. The summed E-state index contributed by atoms with van der Waals surface area (Å²) < 4.78 is 12.8. The Balaban J connectivity index is 2.11. The summed E-state index contributed by atoms with van der Waals surface area (Å²) in [5, 5.41) is 3.24. The summed E-state index contributed by atoms with van der Waals surface area (Å²) in [6, 6.07) is 8.33. The van der Waals surface area contributed by atoms with Crippen LogP contribution in [-0.4, -0.2) is 9.97 Å². The molecule has 0 spiro atoms. The normalized spacial score (nSPS) is 12.2. The molecule has 2 aromatic rings. The highest BCUT2D eigenvalue weighted by Crippen LogP contribution is 2.17. The molecule has 0 amide bonds. The molecule has 0 aliphatic rings. The zero-order valence-electron chi connectivity index (χ0n) is 9.81. The zero-order chi connectivity index (χ0) is 12.3. The van der Waals surface area contributed by atoms with Gasteiger partial charge in [-0.2, -0.15) is 0 Å². The average molecular weight is 231 g/mol. The predicted molar refractivity (Wildman–Crippen MR) is 65.2 cm³/mol. The van der Waals surface area contributed by atoms with Crippen LogP contribution < -0.4 is 5.32 Å². The van der Waals surface area contributed by atoms with Crippen LogP contribution in [0, 0.1) is 12.7 Å². The van der Waals surface area contributed by atoms with Crippen LogP contribution in [0.25, 0.3) is 0 Å². The SMILES string of the molecule is Cc1nccc(NC(C)c2ccc(F)cc2)n1. The van der Waals surface area contributed by atoms with Crippen molar-refractivity contribution in [3.63, 3.8) is 0 Å². The largest absolute Gasteiger partial charge is 0.363 e. The van der Waals surface area contributed by atoms with Gasteiger partial charge in [-0.15, -0.1) is 0 Å². The number of benzene rings is 1. The lowest BCUT2D eigenvalue weighted by atomic mass is 10.1. The second-order valence-corrected chi connectivity index (χ2v) is 3.91. The number of anilines is 1. The topological polar surface area (TPSA) is 37.8 Å². The van der Waals surface area contributed by atoms with E-state index in [0.29, 0.717) is 0 Å². The third kappa shape index (κ3) is 3.00. The fourth-order valence-electron chi connectivity index (χ4n) is 1.59. The molecule has 1 atom stereocenters. The van der Waals surface area contributed by atoms with Gasteiger partial charge in [0.25, 0.3) is 0 Å². The van der Waals surface area contributed by atoms with Gasteiger partial charge in [-0.05, 0) is 37.6 Å². The molecule has 0 radical (unpaired) electrons. The fraction of sp³-hybridized carbons (Fsp3) is 0.231. The van der Waals surface area contributed by atoms with E-state index in [1.165, 1.54) is 12.1 Å². The van der Waals surface area contributed by atoms with Crippen molar-refractivity contribution >= 4 is 5.82 Å². The van der Waals surface area contributed by atoms with Crippen LogP contribution in [0.2, 0.25) is 0 Å². The molecule has 1 aromatic carbocycles. The first kappa shape index (κ1) is 11.5. The zero-order valence-corrected chi connectivity index (χ0v) is 9.81. The molecule has 3 nitrogen and oxygen atoms in total. The maximum absolute atomic E-state index is 12.8. The lowest BCUT2D eigenvalue weighted by molar-refractivity contribution is 0.626. The molecule has 0 saturated heterocycles. The van der Waals surface area contributed by atoms with Crippen molar-refractivity contribution in [3.8, 4) is 0 Å². The summed E-state index contributed by atoms with van der Waals surface area (Å²) in [4.78, 5) is 8.29. The van der Waals surface area contributed by atoms with Crippen molar-refractivity contribution < 1.29 is 4.39 Å². The number of aromatic nitrogens is 2. The number of hydrogen-bond donors (Lipinski definition) is 1. The number of aryl methyl sites for hydroxylation is 1. The monoisotopic (exact) mass is 231 g/mol. The summed E-state index contributed by atoms with van der Waals surface area (Å²) in [5.74, 6) is 1.27. The van der Waals surface area contributed by atoms with Gasteiger partial charge in [-0.25, -0.2) is 14.4 Å². The molecule has 1 aromatic heterocycles. The van der Waals surface area contributed by atoms with Gasteiger partial charge < -0.3 is 5.32 Å². The number of nitrogens with zero attached hydrogens (tertiary/aromatic N) is 2. The lowest BCUT2D eigenvalue weighted by Crippen LogP contribution is -2.08. The Kier molecular flexibility index (Phi) is 3.32. The van der Waals surface area contributed by atoms with Gasteiger partial charge in [0.1, 0.15) is 17.5 Å². The summed E-state index contributed by atoms with van der Waals surface area (Å²) in [6.45, 7) is 3.85.